The van der Waals surface area contributed by atoms with Crippen molar-refractivity contribution in [1.29, 1.82) is 0 Å². The van der Waals surface area contributed by atoms with Gasteiger partial charge in [0.15, 0.2) is 4.80 Å². The summed E-state index contributed by atoms with van der Waals surface area (Å²) in [5.41, 5.74) is 2.39. The topological polar surface area (TPSA) is 63.5 Å². The standard InChI is InChI=1S/C20H25N3O2S/c1-14-7-9-16(10-8-14)13-23-11-12-26-20(23)22-19(25)18(21-15(2)24)17-5-3-4-6-17/h7-12,17-18H,3-6,13H2,1-2H3,(H,21,24). The van der Waals surface area contributed by atoms with Crippen LogP contribution in [-0.4, -0.2) is 22.4 Å². The van der Waals surface area contributed by atoms with Gasteiger partial charge in [0.25, 0.3) is 5.91 Å². The van der Waals surface area contributed by atoms with Crippen LogP contribution in [0.1, 0.15) is 43.7 Å². The minimum atomic E-state index is -0.509. The first-order valence-corrected chi connectivity index (χ1v) is 9.96. The van der Waals surface area contributed by atoms with Gasteiger partial charge in [0, 0.05) is 25.0 Å². The monoisotopic (exact) mass is 371 g/mol. The third kappa shape index (κ3) is 4.69. The van der Waals surface area contributed by atoms with Crippen molar-refractivity contribution >= 4 is 23.2 Å². The summed E-state index contributed by atoms with van der Waals surface area (Å²) in [5.74, 6) is -0.225. The Morgan fingerprint density at radius 3 is 2.62 bits per heavy atom. The van der Waals surface area contributed by atoms with Crippen molar-refractivity contribution in [3.8, 4) is 0 Å². The summed E-state index contributed by atoms with van der Waals surface area (Å²) < 4.78 is 1.98. The van der Waals surface area contributed by atoms with Gasteiger partial charge in [-0.05, 0) is 31.2 Å². The summed E-state index contributed by atoms with van der Waals surface area (Å²) >= 11 is 1.44. The van der Waals surface area contributed by atoms with Crippen LogP contribution in [0.15, 0.2) is 40.8 Å². The first kappa shape index (κ1) is 18.6. The molecule has 0 bridgehead atoms. The maximum absolute atomic E-state index is 12.8. The maximum Gasteiger partial charge on any atom is 0.271 e. The minimum absolute atomic E-state index is 0.177. The predicted octanol–water partition coefficient (Wildman–Crippen LogP) is 3.03. The van der Waals surface area contributed by atoms with Crippen molar-refractivity contribution in [3.05, 3.63) is 51.8 Å². The molecule has 1 N–H and O–H groups in total. The van der Waals surface area contributed by atoms with E-state index in [-0.39, 0.29) is 17.7 Å². The Bertz CT molecular complexity index is 829. The fourth-order valence-corrected chi connectivity index (χ4v) is 4.19. The lowest BCUT2D eigenvalue weighted by atomic mass is 9.97. The molecule has 1 aliphatic rings. The van der Waals surface area contributed by atoms with Crippen LogP contribution in [-0.2, 0) is 16.1 Å². The number of aromatic nitrogens is 1. The molecule has 26 heavy (non-hydrogen) atoms. The van der Waals surface area contributed by atoms with Gasteiger partial charge in [-0.3, -0.25) is 9.59 Å². The van der Waals surface area contributed by atoms with Crippen molar-refractivity contribution < 1.29 is 9.59 Å². The highest BCUT2D eigenvalue weighted by Gasteiger charge is 2.31. The second-order valence-corrected chi connectivity index (χ2v) is 7.84. The van der Waals surface area contributed by atoms with E-state index in [1.165, 1.54) is 23.8 Å². The quantitative estimate of drug-likeness (QED) is 0.878. The van der Waals surface area contributed by atoms with E-state index in [0.717, 1.165) is 31.2 Å². The molecule has 0 saturated heterocycles. The third-order valence-electron chi connectivity index (χ3n) is 4.84. The molecule has 1 aromatic carbocycles. The first-order chi connectivity index (χ1) is 12.5. The van der Waals surface area contributed by atoms with Crippen LogP contribution in [0.4, 0.5) is 0 Å². The number of thiazole rings is 1. The predicted molar refractivity (Wildman–Crippen MR) is 103 cm³/mol. The molecular formula is C20H25N3O2S. The van der Waals surface area contributed by atoms with Crippen LogP contribution in [0.2, 0.25) is 0 Å². The van der Waals surface area contributed by atoms with Gasteiger partial charge in [-0.2, -0.15) is 4.99 Å². The highest BCUT2D eigenvalue weighted by atomic mass is 32.1. The fraction of sp³-hybridized carbons (Fsp3) is 0.450. The molecule has 5 nitrogen and oxygen atoms in total. The van der Waals surface area contributed by atoms with E-state index in [2.05, 4.69) is 41.5 Å². The smallest absolute Gasteiger partial charge is 0.271 e. The molecule has 1 fully saturated rings. The summed E-state index contributed by atoms with van der Waals surface area (Å²) in [7, 11) is 0. The molecule has 0 radical (unpaired) electrons. The van der Waals surface area contributed by atoms with Gasteiger partial charge < -0.3 is 9.88 Å². The zero-order valence-corrected chi connectivity index (χ0v) is 16.1. The SMILES string of the molecule is CC(=O)NC(C(=O)N=c1sccn1Cc1ccc(C)cc1)C1CCCC1. The summed E-state index contributed by atoms with van der Waals surface area (Å²) in [5, 5.41) is 4.76. The molecule has 0 spiro atoms. The van der Waals surface area contributed by atoms with Crippen molar-refractivity contribution in [2.45, 2.75) is 52.1 Å². The van der Waals surface area contributed by atoms with Gasteiger partial charge in [-0.25, -0.2) is 0 Å². The minimum Gasteiger partial charge on any atom is -0.344 e. The van der Waals surface area contributed by atoms with Crippen LogP contribution >= 0.6 is 11.3 Å². The van der Waals surface area contributed by atoms with Gasteiger partial charge in [0.05, 0.1) is 0 Å². The number of hydrogen-bond acceptors (Lipinski definition) is 3. The molecule has 2 aromatic rings. The zero-order chi connectivity index (χ0) is 18.5. The maximum atomic E-state index is 12.8. The summed E-state index contributed by atoms with van der Waals surface area (Å²) in [6, 6.07) is 7.83. The molecule has 3 rings (SSSR count). The Morgan fingerprint density at radius 1 is 1.27 bits per heavy atom. The fourth-order valence-electron chi connectivity index (χ4n) is 3.45. The van der Waals surface area contributed by atoms with Crippen LogP contribution in [0.3, 0.4) is 0 Å². The summed E-state index contributed by atoms with van der Waals surface area (Å²) in [6.07, 6.45) is 6.11. The number of carbonyl (C=O) groups excluding carboxylic acids is 2. The summed E-state index contributed by atoms with van der Waals surface area (Å²) in [6.45, 7) is 4.19. The Labute approximate surface area is 157 Å². The van der Waals surface area contributed by atoms with Gasteiger partial charge in [-0.1, -0.05) is 42.7 Å². The number of amides is 2. The van der Waals surface area contributed by atoms with Gasteiger partial charge in [-0.15, -0.1) is 11.3 Å². The molecule has 6 heteroatoms. The Morgan fingerprint density at radius 2 is 1.96 bits per heavy atom. The molecule has 1 aromatic heterocycles. The first-order valence-electron chi connectivity index (χ1n) is 9.08. The summed E-state index contributed by atoms with van der Waals surface area (Å²) in [4.78, 5) is 29.4. The van der Waals surface area contributed by atoms with E-state index in [1.807, 2.05) is 16.1 Å². The van der Waals surface area contributed by atoms with Crippen LogP contribution in [0, 0.1) is 12.8 Å². The van der Waals surface area contributed by atoms with E-state index in [9.17, 15) is 9.59 Å². The molecule has 1 unspecified atom stereocenters. The van der Waals surface area contributed by atoms with Crippen LogP contribution in [0.25, 0.3) is 0 Å². The van der Waals surface area contributed by atoms with Crippen molar-refractivity contribution in [1.82, 2.24) is 9.88 Å². The lowest BCUT2D eigenvalue weighted by molar-refractivity contribution is -0.127. The average Bonchev–Trinajstić information content (AvgIpc) is 3.27. The van der Waals surface area contributed by atoms with Crippen molar-refractivity contribution in [3.63, 3.8) is 0 Å². The number of benzene rings is 1. The lowest BCUT2D eigenvalue weighted by Crippen LogP contribution is -2.44. The van der Waals surface area contributed by atoms with Crippen molar-refractivity contribution in [2.24, 2.45) is 10.9 Å². The van der Waals surface area contributed by atoms with E-state index < -0.39 is 6.04 Å². The molecule has 2 amide bonds. The number of aryl methyl sites for hydroxylation is 1. The largest absolute Gasteiger partial charge is 0.344 e. The average molecular weight is 372 g/mol. The third-order valence-corrected chi connectivity index (χ3v) is 5.63. The highest BCUT2D eigenvalue weighted by Crippen LogP contribution is 2.28. The number of hydrogen-bond donors (Lipinski definition) is 1. The Hall–Kier alpha value is -2.21. The second-order valence-electron chi connectivity index (χ2n) is 6.97. The molecule has 1 saturated carbocycles. The van der Waals surface area contributed by atoms with E-state index in [0.29, 0.717) is 11.3 Å². The number of nitrogens with zero attached hydrogens (tertiary/aromatic N) is 2. The number of rotatable bonds is 5. The Kier molecular flexibility index (Phi) is 6.04. The molecule has 0 aliphatic heterocycles. The van der Waals surface area contributed by atoms with E-state index in [1.54, 1.807) is 0 Å². The van der Waals surface area contributed by atoms with Gasteiger partial charge in [0.1, 0.15) is 6.04 Å². The highest BCUT2D eigenvalue weighted by molar-refractivity contribution is 7.07. The zero-order valence-electron chi connectivity index (χ0n) is 15.3. The normalized spacial score (nSPS) is 16.6. The van der Waals surface area contributed by atoms with Crippen molar-refractivity contribution in [2.75, 3.05) is 0 Å². The molecular weight excluding hydrogens is 346 g/mol. The van der Waals surface area contributed by atoms with Crippen LogP contribution < -0.4 is 10.1 Å². The van der Waals surface area contributed by atoms with Gasteiger partial charge >= 0.3 is 0 Å². The van der Waals surface area contributed by atoms with Crippen LogP contribution in [0.5, 0.6) is 0 Å². The van der Waals surface area contributed by atoms with E-state index in [4.69, 9.17) is 0 Å². The van der Waals surface area contributed by atoms with Gasteiger partial charge in [0.2, 0.25) is 5.91 Å². The molecule has 1 aliphatic carbocycles. The number of carbonyl (C=O) groups is 2. The van der Waals surface area contributed by atoms with E-state index >= 15 is 0 Å². The molecule has 1 heterocycles. The second kappa shape index (κ2) is 8.45. The molecule has 138 valence electrons. The lowest BCUT2D eigenvalue weighted by Gasteiger charge is -2.20. The molecule has 1 atom stereocenters. The Balaban J connectivity index is 1.81. The number of nitrogens with one attached hydrogen (secondary N) is 1.